The summed E-state index contributed by atoms with van der Waals surface area (Å²) in [5.41, 5.74) is 6.51. The lowest BCUT2D eigenvalue weighted by Crippen LogP contribution is -2.35. The molecule has 6 nitrogen and oxygen atoms in total. The highest BCUT2D eigenvalue weighted by Gasteiger charge is 2.38. The van der Waals surface area contributed by atoms with Crippen LogP contribution in [0.3, 0.4) is 0 Å². The molecule has 1 aliphatic rings. The zero-order valence-electron chi connectivity index (χ0n) is 13.5. The lowest BCUT2D eigenvalue weighted by molar-refractivity contribution is 0.0600. The Morgan fingerprint density at radius 3 is 2.61 bits per heavy atom. The van der Waals surface area contributed by atoms with Crippen molar-refractivity contribution < 1.29 is 17.9 Å². The molecule has 2 rings (SSSR count). The molecule has 0 bridgehead atoms. The zero-order chi connectivity index (χ0) is 16.5. The number of hydrogen-bond acceptors (Lipinski definition) is 5. The standard InChI is InChI=1S/C15H22N2O4S.ClH/c1-10-4-5-13(15(18)21-3)7-14(10)22(19,20)17-9-12(8-16)6-11(17)2;/h4-5,7,11-12H,6,8-9,16H2,1-3H3;1H. The van der Waals surface area contributed by atoms with Crippen molar-refractivity contribution in [3.05, 3.63) is 29.3 Å². The molecule has 1 aromatic carbocycles. The number of hydrogen-bond donors (Lipinski definition) is 1. The first kappa shape index (κ1) is 19.9. The highest BCUT2D eigenvalue weighted by atomic mass is 35.5. The van der Waals surface area contributed by atoms with E-state index in [1.807, 2.05) is 6.92 Å². The van der Waals surface area contributed by atoms with E-state index in [0.717, 1.165) is 6.42 Å². The second-order valence-corrected chi connectivity index (χ2v) is 7.59. The van der Waals surface area contributed by atoms with Crippen LogP contribution in [-0.2, 0) is 14.8 Å². The first-order valence-corrected chi connectivity index (χ1v) is 8.66. The third-order valence-corrected chi connectivity index (χ3v) is 6.26. The molecular formula is C15H23ClN2O4S. The van der Waals surface area contributed by atoms with Crippen LogP contribution in [0.2, 0.25) is 0 Å². The van der Waals surface area contributed by atoms with Gasteiger partial charge in [0.05, 0.1) is 17.6 Å². The zero-order valence-corrected chi connectivity index (χ0v) is 15.1. The van der Waals surface area contributed by atoms with Gasteiger partial charge in [-0.2, -0.15) is 4.31 Å². The van der Waals surface area contributed by atoms with Gasteiger partial charge in [0, 0.05) is 12.6 Å². The van der Waals surface area contributed by atoms with Crippen molar-refractivity contribution in [2.24, 2.45) is 11.7 Å². The first-order chi connectivity index (χ1) is 10.3. The number of ether oxygens (including phenoxy) is 1. The Morgan fingerprint density at radius 1 is 1.43 bits per heavy atom. The number of esters is 1. The predicted octanol–water partition coefficient (Wildman–Crippen LogP) is 1.56. The number of sulfonamides is 1. The SMILES string of the molecule is COC(=O)c1ccc(C)c(S(=O)(=O)N2CC(CN)CC2C)c1.Cl. The van der Waals surface area contributed by atoms with Gasteiger partial charge in [0.15, 0.2) is 0 Å². The average Bonchev–Trinajstić information content (AvgIpc) is 2.88. The van der Waals surface area contributed by atoms with Gasteiger partial charge in [0.1, 0.15) is 0 Å². The fraction of sp³-hybridized carbons (Fsp3) is 0.533. The number of nitrogens with zero attached hydrogens (tertiary/aromatic N) is 1. The van der Waals surface area contributed by atoms with Crippen LogP contribution in [0.15, 0.2) is 23.1 Å². The number of carbonyl (C=O) groups is 1. The topological polar surface area (TPSA) is 89.7 Å². The van der Waals surface area contributed by atoms with Gasteiger partial charge in [0.25, 0.3) is 0 Å². The van der Waals surface area contributed by atoms with E-state index in [9.17, 15) is 13.2 Å². The van der Waals surface area contributed by atoms with E-state index in [1.54, 1.807) is 19.1 Å². The summed E-state index contributed by atoms with van der Waals surface area (Å²) in [7, 11) is -2.39. The minimum atomic E-state index is -3.66. The molecule has 0 aromatic heterocycles. The number of aryl methyl sites for hydroxylation is 1. The van der Waals surface area contributed by atoms with Gasteiger partial charge in [-0.15, -0.1) is 12.4 Å². The van der Waals surface area contributed by atoms with Gasteiger partial charge < -0.3 is 10.5 Å². The fourth-order valence-electron chi connectivity index (χ4n) is 2.86. The molecule has 0 saturated carbocycles. The summed E-state index contributed by atoms with van der Waals surface area (Å²) in [5, 5.41) is 0. The molecule has 23 heavy (non-hydrogen) atoms. The number of rotatable bonds is 4. The van der Waals surface area contributed by atoms with Crippen LogP contribution in [0, 0.1) is 12.8 Å². The van der Waals surface area contributed by atoms with E-state index < -0.39 is 16.0 Å². The molecule has 1 heterocycles. The van der Waals surface area contributed by atoms with Crippen LogP contribution >= 0.6 is 12.4 Å². The summed E-state index contributed by atoms with van der Waals surface area (Å²) < 4.78 is 32.0. The molecule has 1 fully saturated rings. The summed E-state index contributed by atoms with van der Waals surface area (Å²) in [5.74, 6) is -0.375. The highest BCUT2D eigenvalue weighted by Crippen LogP contribution is 2.30. The fourth-order valence-corrected chi connectivity index (χ4v) is 4.83. The van der Waals surface area contributed by atoms with Crippen LogP contribution in [-0.4, -0.2) is 44.9 Å². The largest absolute Gasteiger partial charge is 0.465 e. The first-order valence-electron chi connectivity index (χ1n) is 7.22. The van der Waals surface area contributed by atoms with Gasteiger partial charge in [0.2, 0.25) is 10.0 Å². The average molecular weight is 363 g/mol. The van der Waals surface area contributed by atoms with Gasteiger partial charge in [-0.3, -0.25) is 0 Å². The summed E-state index contributed by atoms with van der Waals surface area (Å²) in [6.45, 7) is 4.49. The summed E-state index contributed by atoms with van der Waals surface area (Å²) >= 11 is 0. The van der Waals surface area contributed by atoms with Crippen LogP contribution < -0.4 is 5.73 Å². The molecule has 2 atom stereocenters. The number of nitrogens with two attached hydrogens (primary N) is 1. The van der Waals surface area contributed by atoms with E-state index in [0.29, 0.717) is 18.7 Å². The molecule has 130 valence electrons. The second-order valence-electron chi connectivity index (χ2n) is 5.73. The Kier molecular flexibility index (Phi) is 6.59. The van der Waals surface area contributed by atoms with Crippen LogP contribution in [0.5, 0.6) is 0 Å². The minimum absolute atomic E-state index is 0. The molecule has 1 aromatic rings. The van der Waals surface area contributed by atoms with Crippen LogP contribution in [0.25, 0.3) is 0 Å². The van der Waals surface area contributed by atoms with Crippen molar-refractivity contribution in [1.82, 2.24) is 4.31 Å². The third kappa shape index (κ3) is 3.85. The maximum atomic E-state index is 12.9. The van der Waals surface area contributed by atoms with Crippen molar-refractivity contribution >= 4 is 28.4 Å². The van der Waals surface area contributed by atoms with E-state index >= 15 is 0 Å². The van der Waals surface area contributed by atoms with E-state index in [-0.39, 0.29) is 34.8 Å². The minimum Gasteiger partial charge on any atom is -0.465 e. The van der Waals surface area contributed by atoms with E-state index in [1.165, 1.54) is 17.5 Å². The smallest absolute Gasteiger partial charge is 0.337 e. The maximum absolute atomic E-state index is 12.9. The van der Waals surface area contributed by atoms with Crippen LogP contribution in [0.4, 0.5) is 0 Å². The molecule has 0 aliphatic carbocycles. The highest BCUT2D eigenvalue weighted by molar-refractivity contribution is 7.89. The molecular weight excluding hydrogens is 340 g/mol. The summed E-state index contributed by atoms with van der Waals surface area (Å²) in [6.07, 6.45) is 0.755. The van der Waals surface area contributed by atoms with Gasteiger partial charge in [-0.1, -0.05) is 6.07 Å². The number of methoxy groups -OCH3 is 1. The Hall–Kier alpha value is -1.15. The Balaban J connectivity index is 0.00000264. The lowest BCUT2D eigenvalue weighted by atomic mass is 10.1. The van der Waals surface area contributed by atoms with Crippen molar-refractivity contribution in [1.29, 1.82) is 0 Å². The maximum Gasteiger partial charge on any atom is 0.337 e. The molecule has 1 aliphatic heterocycles. The molecule has 0 amide bonds. The number of benzene rings is 1. The predicted molar refractivity (Wildman–Crippen MR) is 90.3 cm³/mol. The molecule has 0 spiro atoms. The monoisotopic (exact) mass is 362 g/mol. The Bertz CT molecular complexity index is 678. The number of halogens is 1. The normalized spacial score (nSPS) is 21.7. The van der Waals surface area contributed by atoms with Crippen molar-refractivity contribution in [2.45, 2.75) is 31.2 Å². The van der Waals surface area contributed by atoms with Crippen molar-refractivity contribution in [3.8, 4) is 0 Å². The van der Waals surface area contributed by atoms with Gasteiger partial charge in [-0.05, 0) is 50.4 Å². The molecule has 2 unspecified atom stereocenters. The van der Waals surface area contributed by atoms with E-state index in [2.05, 4.69) is 4.74 Å². The van der Waals surface area contributed by atoms with Crippen molar-refractivity contribution in [3.63, 3.8) is 0 Å². The quantitative estimate of drug-likeness (QED) is 0.821. The molecule has 1 saturated heterocycles. The van der Waals surface area contributed by atoms with Crippen molar-refractivity contribution in [2.75, 3.05) is 20.2 Å². The van der Waals surface area contributed by atoms with Gasteiger partial charge >= 0.3 is 5.97 Å². The second kappa shape index (κ2) is 7.61. The third-order valence-electron chi connectivity index (χ3n) is 4.13. The Labute approximate surface area is 143 Å². The summed E-state index contributed by atoms with van der Waals surface area (Å²) in [6, 6.07) is 4.48. The van der Waals surface area contributed by atoms with Gasteiger partial charge in [-0.25, -0.2) is 13.2 Å². The lowest BCUT2D eigenvalue weighted by Gasteiger charge is -2.22. The molecule has 0 radical (unpaired) electrons. The van der Waals surface area contributed by atoms with E-state index in [4.69, 9.17) is 5.73 Å². The summed E-state index contributed by atoms with van der Waals surface area (Å²) in [4.78, 5) is 11.8. The molecule has 2 N–H and O–H groups in total. The van der Waals surface area contributed by atoms with Crippen LogP contribution in [0.1, 0.15) is 29.3 Å². The molecule has 8 heteroatoms. The number of carbonyl (C=O) groups excluding carboxylic acids is 1. The Morgan fingerprint density at radius 2 is 2.09 bits per heavy atom.